The van der Waals surface area contributed by atoms with Crippen molar-refractivity contribution in [3.8, 4) is 0 Å². The van der Waals surface area contributed by atoms with Crippen LogP contribution in [0.4, 0.5) is 0 Å². The summed E-state index contributed by atoms with van der Waals surface area (Å²) in [5.41, 5.74) is 1.34. The Hall–Kier alpha value is -1.16. The topological polar surface area (TPSA) is 21.3 Å². The van der Waals surface area contributed by atoms with E-state index >= 15 is 0 Å². The number of ether oxygens (including phenoxy) is 1. The van der Waals surface area contributed by atoms with Crippen molar-refractivity contribution in [3.63, 3.8) is 0 Å². The number of benzene rings is 1. The monoisotopic (exact) mass is 273 g/mol. The Morgan fingerprint density at radius 2 is 2.21 bits per heavy atom. The van der Waals surface area contributed by atoms with Crippen LogP contribution >= 0.6 is 11.3 Å². The average molecular weight is 273 g/mol. The van der Waals surface area contributed by atoms with Gasteiger partial charge in [0.05, 0.1) is 13.2 Å². The number of fused-ring (bicyclic) bond motifs is 1. The molecule has 2 nitrogen and oxygen atoms in total. The van der Waals surface area contributed by atoms with Crippen molar-refractivity contribution in [2.24, 2.45) is 0 Å². The van der Waals surface area contributed by atoms with Crippen molar-refractivity contribution in [2.75, 3.05) is 6.61 Å². The molecule has 0 aliphatic heterocycles. The Kier molecular flexibility index (Phi) is 3.97. The van der Waals surface area contributed by atoms with Gasteiger partial charge in [0.2, 0.25) is 0 Å². The van der Waals surface area contributed by atoms with E-state index in [1.807, 2.05) is 11.3 Å². The number of hydrogen-bond acceptors (Lipinski definition) is 3. The zero-order valence-electron chi connectivity index (χ0n) is 11.0. The van der Waals surface area contributed by atoms with Crippen LogP contribution in [0.25, 0.3) is 10.1 Å². The second kappa shape index (κ2) is 5.87. The highest BCUT2D eigenvalue weighted by Crippen LogP contribution is 2.32. The highest BCUT2D eigenvalue weighted by Gasteiger charge is 2.21. The molecule has 1 heterocycles. The standard InChI is InChI=1S/C16H19NOS/c1-2-9-18-11-14-13-5-3-4-6-15(13)19-16(14)10-17-12-7-8-12/h2-6,12,17H,1,7-11H2. The lowest BCUT2D eigenvalue weighted by Gasteiger charge is -2.06. The molecule has 1 fully saturated rings. The smallest absolute Gasteiger partial charge is 0.0738 e. The van der Waals surface area contributed by atoms with Crippen LogP contribution in [0.3, 0.4) is 0 Å². The quantitative estimate of drug-likeness (QED) is 0.611. The summed E-state index contributed by atoms with van der Waals surface area (Å²) in [6, 6.07) is 9.33. The maximum Gasteiger partial charge on any atom is 0.0738 e. The van der Waals surface area contributed by atoms with Crippen LogP contribution in [-0.2, 0) is 17.9 Å². The Morgan fingerprint density at radius 3 is 3.00 bits per heavy atom. The van der Waals surface area contributed by atoms with E-state index in [9.17, 15) is 0 Å². The first-order chi connectivity index (χ1) is 9.38. The molecule has 0 unspecified atom stereocenters. The van der Waals surface area contributed by atoms with Gasteiger partial charge >= 0.3 is 0 Å². The minimum atomic E-state index is 0.611. The lowest BCUT2D eigenvalue weighted by molar-refractivity contribution is 0.149. The van der Waals surface area contributed by atoms with Crippen molar-refractivity contribution in [3.05, 3.63) is 47.4 Å². The van der Waals surface area contributed by atoms with E-state index in [4.69, 9.17) is 4.74 Å². The Bertz CT molecular complexity index is 571. The molecule has 1 aromatic heterocycles. The first kappa shape index (κ1) is 12.9. The molecule has 0 amide bonds. The van der Waals surface area contributed by atoms with Crippen LogP contribution in [0.2, 0.25) is 0 Å². The van der Waals surface area contributed by atoms with Crippen LogP contribution in [0.5, 0.6) is 0 Å². The molecule has 2 aromatic rings. The van der Waals surface area contributed by atoms with Gasteiger partial charge in [0, 0.05) is 27.7 Å². The molecule has 1 aromatic carbocycles. The van der Waals surface area contributed by atoms with Gasteiger partial charge in [-0.3, -0.25) is 0 Å². The average Bonchev–Trinajstić information content (AvgIpc) is 3.20. The fourth-order valence-electron chi connectivity index (χ4n) is 2.22. The molecular formula is C16H19NOS. The zero-order valence-corrected chi connectivity index (χ0v) is 11.8. The van der Waals surface area contributed by atoms with Gasteiger partial charge in [-0.05, 0) is 24.3 Å². The van der Waals surface area contributed by atoms with Gasteiger partial charge in [0.1, 0.15) is 0 Å². The zero-order chi connectivity index (χ0) is 13.1. The Labute approximate surface area is 118 Å². The van der Waals surface area contributed by atoms with Crippen LogP contribution in [0, 0.1) is 0 Å². The molecule has 3 rings (SSSR count). The molecule has 0 spiro atoms. The van der Waals surface area contributed by atoms with E-state index in [-0.39, 0.29) is 0 Å². The van der Waals surface area contributed by atoms with Crippen molar-refractivity contribution in [1.29, 1.82) is 0 Å². The first-order valence-electron chi connectivity index (χ1n) is 6.80. The third kappa shape index (κ3) is 3.06. The molecule has 0 radical (unpaired) electrons. The molecule has 19 heavy (non-hydrogen) atoms. The van der Waals surface area contributed by atoms with Crippen LogP contribution in [0.1, 0.15) is 23.3 Å². The van der Waals surface area contributed by atoms with Gasteiger partial charge in [-0.15, -0.1) is 17.9 Å². The predicted octanol–water partition coefficient (Wildman–Crippen LogP) is 3.86. The Morgan fingerprint density at radius 1 is 1.37 bits per heavy atom. The fourth-order valence-corrected chi connectivity index (χ4v) is 3.38. The van der Waals surface area contributed by atoms with E-state index in [1.54, 1.807) is 6.08 Å². The van der Waals surface area contributed by atoms with E-state index in [0.717, 1.165) is 12.6 Å². The van der Waals surface area contributed by atoms with Gasteiger partial charge in [0.25, 0.3) is 0 Å². The third-order valence-corrected chi connectivity index (χ3v) is 4.61. The van der Waals surface area contributed by atoms with Gasteiger partial charge in [-0.25, -0.2) is 0 Å². The lowest BCUT2D eigenvalue weighted by atomic mass is 10.1. The first-order valence-corrected chi connectivity index (χ1v) is 7.61. The summed E-state index contributed by atoms with van der Waals surface area (Å²) >= 11 is 1.88. The van der Waals surface area contributed by atoms with Crippen molar-refractivity contribution in [2.45, 2.75) is 32.0 Å². The summed E-state index contributed by atoms with van der Waals surface area (Å²) in [7, 11) is 0. The van der Waals surface area contributed by atoms with E-state index < -0.39 is 0 Å². The third-order valence-electron chi connectivity index (χ3n) is 3.39. The fraction of sp³-hybridized carbons (Fsp3) is 0.375. The van der Waals surface area contributed by atoms with Crippen LogP contribution in [-0.4, -0.2) is 12.6 Å². The molecule has 1 aliphatic rings. The summed E-state index contributed by atoms with van der Waals surface area (Å²) in [5, 5.41) is 4.94. The number of rotatable bonds is 7. The van der Waals surface area contributed by atoms with Crippen LogP contribution < -0.4 is 5.32 Å². The summed E-state index contributed by atoms with van der Waals surface area (Å²) in [6.07, 6.45) is 4.46. The minimum Gasteiger partial charge on any atom is -0.373 e. The van der Waals surface area contributed by atoms with Crippen LogP contribution in [0.15, 0.2) is 36.9 Å². The van der Waals surface area contributed by atoms with E-state index in [2.05, 4.69) is 36.2 Å². The molecule has 0 bridgehead atoms. The summed E-state index contributed by atoms with van der Waals surface area (Å²) in [5.74, 6) is 0. The SMILES string of the molecule is C=CCOCc1c(CNC2CC2)sc2ccccc12. The van der Waals surface area contributed by atoms with Gasteiger partial charge in [-0.2, -0.15) is 0 Å². The molecule has 0 atom stereocenters. The van der Waals surface area contributed by atoms with Gasteiger partial charge < -0.3 is 10.1 Å². The summed E-state index contributed by atoms with van der Waals surface area (Å²) in [6.45, 7) is 5.96. The number of nitrogens with one attached hydrogen (secondary N) is 1. The predicted molar refractivity (Wildman–Crippen MR) is 81.5 cm³/mol. The van der Waals surface area contributed by atoms with Crippen molar-refractivity contribution < 1.29 is 4.74 Å². The molecule has 3 heteroatoms. The number of thiophene rings is 1. The maximum atomic E-state index is 5.66. The van der Waals surface area contributed by atoms with Crippen molar-refractivity contribution >= 4 is 21.4 Å². The van der Waals surface area contributed by atoms with E-state index in [1.165, 1.54) is 33.4 Å². The second-order valence-electron chi connectivity index (χ2n) is 4.96. The largest absolute Gasteiger partial charge is 0.373 e. The molecule has 1 N–H and O–H groups in total. The molecule has 1 aliphatic carbocycles. The molecule has 0 saturated heterocycles. The normalized spacial score (nSPS) is 14.9. The second-order valence-corrected chi connectivity index (χ2v) is 6.10. The van der Waals surface area contributed by atoms with Gasteiger partial charge in [-0.1, -0.05) is 24.3 Å². The molecule has 100 valence electrons. The molecular weight excluding hydrogens is 254 g/mol. The highest BCUT2D eigenvalue weighted by atomic mass is 32.1. The summed E-state index contributed by atoms with van der Waals surface area (Å²) < 4.78 is 7.01. The highest BCUT2D eigenvalue weighted by molar-refractivity contribution is 7.19. The minimum absolute atomic E-state index is 0.611. The van der Waals surface area contributed by atoms with E-state index in [0.29, 0.717) is 13.2 Å². The number of hydrogen-bond donors (Lipinski definition) is 1. The maximum absolute atomic E-state index is 5.66. The summed E-state index contributed by atoms with van der Waals surface area (Å²) in [4.78, 5) is 1.41. The van der Waals surface area contributed by atoms with Gasteiger partial charge in [0.15, 0.2) is 0 Å². The lowest BCUT2D eigenvalue weighted by Crippen LogP contribution is -2.15. The van der Waals surface area contributed by atoms with Crippen molar-refractivity contribution in [1.82, 2.24) is 5.32 Å². The molecule has 1 saturated carbocycles. The Balaban J connectivity index is 1.83.